The van der Waals surface area contributed by atoms with E-state index in [1.807, 2.05) is 0 Å². The Morgan fingerprint density at radius 3 is 2.44 bits per heavy atom. The van der Waals surface area contributed by atoms with Crippen LogP contribution in [0.5, 0.6) is 0 Å². The maximum atomic E-state index is 13.0. The van der Waals surface area contributed by atoms with Gasteiger partial charge in [0.25, 0.3) is 5.56 Å². The van der Waals surface area contributed by atoms with Crippen LogP contribution in [0.25, 0.3) is 0 Å². The van der Waals surface area contributed by atoms with Gasteiger partial charge in [-0.05, 0) is 74.0 Å². The highest BCUT2D eigenvalue weighted by Crippen LogP contribution is 2.75. The number of aliphatic hydroxyl groups excluding tert-OH is 5. The Kier molecular flexibility index (Phi) is 9.44. The summed E-state index contributed by atoms with van der Waals surface area (Å²) in [6.45, 7) is 3.78. The zero-order chi connectivity index (χ0) is 32.9. The van der Waals surface area contributed by atoms with E-state index in [9.17, 15) is 39.2 Å². The fourth-order valence-corrected chi connectivity index (χ4v) is 10.1. The summed E-state index contributed by atoms with van der Waals surface area (Å²) >= 11 is 0. The van der Waals surface area contributed by atoms with Crippen molar-refractivity contribution in [2.75, 3.05) is 26.4 Å². The summed E-state index contributed by atoms with van der Waals surface area (Å²) in [6, 6.07) is 0. The highest BCUT2D eigenvalue weighted by molar-refractivity contribution is 5.72. The van der Waals surface area contributed by atoms with E-state index in [0.717, 1.165) is 55.7 Å². The lowest BCUT2D eigenvalue weighted by atomic mass is 9.39. The van der Waals surface area contributed by atoms with Gasteiger partial charge in [-0.3, -0.25) is 19.1 Å². The lowest BCUT2D eigenvalue weighted by molar-refractivity contribution is -0.220. The van der Waals surface area contributed by atoms with Crippen molar-refractivity contribution in [3.63, 3.8) is 0 Å². The first-order valence-electron chi connectivity index (χ1n) is 16.0. The van der Waals surface area contributed by atoms with Gasteiger partial charge in [0.1, 0.15) is 17.9 Å². The molecule has 2 heterocycles. The van der Waals surface area contributed by atoms with Crippen molar-refractivity contribution in [2.24, 2.45) is 39.7 Å². The molecule has 14 heteroatoms. The van der Waals surface area contributed by atoms with Gasteiger partial charge in [-0.2, -0.15) is 4.39 Å². The molecule has 1 saturated heterocycles. The molecule has 13 nitrogen and oxygen atoms in total. The predicted octanol–water partition coefficient (Wildman–Crippen LogP) is -0.0882. The van der Waals surface area contributed by atoms with E-state index in [1.165, 1.54) is 0 Å². The van der Waals surface area contributed by atoms with Crippen LogP contribution in [0, 0.1) is 39.8 Å². The van der Waals surface area contributed by atoms with Crippen molar-refractivity contribution in [2.45, 2.75) is 102 Å². The smallest absolute Gasteiger partial charge is 0.330 e. The van der Waals surface area contributed by atoms with E-state index in [2.05, 4.69) is 13.8 Å². The van der Waals surface area contributed by atoms with Crippen molar-refractivity contribution in [3.05, 3.63) is 32.9 Å². The summed E-state index contributed by atoms with van der Waals surface area (Å²) in [6.07, 6.45) is 5.02. The Labute approximate surface area is 260 Å². The van der Waals surface area contributed by atoms with Gasteiger partial charge in [-0.15, -0.1) is 0 Å². The minimum Gasteiger partial charge on any atom is -0.455 e. The number of hydrogen-bond acceptors (Lipinski definition) is 11. The second-order valence-corrected chi connectivity index (χ2v) is 14.4. The number of hydrogen-bond donors (Lipinski definition) is 7. The van der Waals surface area contributed by atoms with Gasteiger partial charge < -0.3 is 40.7 Å². The number of aromatic amines is 1. The summed E-state index contributed by atoms with van der Waals surface area (Å²) in [5, 5.41) is 49.5. The summed E-state index contributed by atoms with van der Waals surface area (Å²) in [4.78, 5) is 36.0. The Morgan fingerprint density at radius 2 is 1.82 bits per heavy atom. The molecule has 1 aliphatic heterocycles. The summed E-state index contributed by atoms with van der Waals surface area (Å²) < 4.78 is 24.8. The molecule has 2 bridgehead atoms. The molecule has 4 aliphatic carbocycles. The lowest BCUT2D eigenvalue weighted by Gasteiger charge is -2.66. The number of nitrogens with zero attached hydrogens (tertiary/aromatic N) is 1. The molecule has 5 aliphatic rings. The van der Waals surface area contributed by atoms with Crippen LogP contribution in [0.15, 0.2) is 15.8 Å². The molecular weight excluding hydrogens is 593 g/mol. The van der Waals surface area contributed by atoms with E-state index in [-0.39, 0.29) is 48.8 Å². The molecule has 254 valence electrons. The number of aliphatic hydroxyl groups is 5. The number of nitrogens with two attached hydrogens (primary N) is 1. The average Bonchev–Trinajstić information content (AvgIpc) is 3.57. The van der Waals surface area contributed by atoms with Crippen LogP contribution in [-0.4, -0.2) is 91.3 Å². The van der Waals surface area contributed by atoms with E-state index in [4.69, 9.17) is 20.3 Å². The molecular formula is C31H48FN3O10. The molecule has 0 radical (unpaired) electrons. The van der Waals surface area contributed by atoms with E-state index >= 15 is 0 Å². The third-order valence-corrected chi connectivity index (χ3v) is 12.6. The summed E-state index contributed by atoms with van der Waals surface area (Å²) in [5.74, 6) is -0.541. The monoisotopic (exact) mass is 641 g/mol. The first-order valence-corrected chi connectivity index (χ1v) is 16.0. The van der Waals surface area contributed by atoms with Gasteiger partial charge in [0, 0.05) is 17.8 Å². The number of carbonyl (C=O) groups excluding carboxylic acids is 1. The zero-order valence-corrected chi connectivity index (χ0v) is 26.0. The minimum atomic E-state index is -1.12. The lowest BCUT2D eigenvalue weighted by Crippen LogP contribution is -2.63. The van der Waals surface area contributed by atoms with Crippen LogP contribution in [-0.2, 0) is 14.3 Å². The topological polar surface area (TPSA) is 218 Å². The maximum absolute atomic E-state index is 13.0. The molecule has 45 heavy (non-hydrogen) atoms. The fourth-order valence-electron chi connectivity index (χ4n) is 10.1. The second-order valence-electron chi connectivity index (χ2n) is 14.4. The molecule has 1 spiro atoms. The SMILES string of the molecule is C[C@@]1(CO)[C@H](O)CC[C@@]2(C)[C@H]1CC[C@H]1C[C@@H]3C[C@@]12CC[C@@]3(CO)OC(=O)CN.O=c1[nH]c(=O)n([C@H]2C[C@H](O)[C@@H](CO)O2)cc1F. The van der Waals surface area contributed by atoms with Crippen LogP contribution in [0.4, 0.5) is 4.39 Å². The maximum Gasteiger partial charge on any atom is 0.330 e. The standard InChI is InChI=1S/C22H37NO5.C9H11FN2O5/c1-19(12-24)16-4-3-14-9-15-10-21(14,20(16,2)6-5-17(19)26)7-8-22(15,13-25)28-18(27)11-23;10-4-2-12(9(16)11-8(4)15)7-1-5(14)6(3-13)17-7/h14-17,24-26H,3-13,23H2,1-2H3;2,5-7,13-14H,1,3H2,(H,11,15,16)/t14-,15+,16-,17+,19-,20-,21-,22-;5-,6+,7+/m00/s1. The summed E-state index contributed by atoms with van der Waals surface area (Å²) in [5.41, 5.74) is 2.50. The minimum absolute atomic E-state index is 0.0211. The number of H-pyrrole nitrogens is 1. The zero-order valence-electron chi connectivity index (χ0n) is 26.0. The van der Waals surface area contributed by atoms with Crippen molar-refractivity contribution in [1.82, 2.24) is 9.55 Å². The van der Waals surface area contributed by atoms with E-state index in [0.29, 0.717) is 12.3 Å². The highest BCUT2D eigenvalue weighted by Gasteiger charge is 2.71. The van der Waals surface area contributed by atoms with Crippen molar-refractivity contribution in [3.8, 4) is 0 Å². The number of fused-ring (bicyclic) bond motifs is 2. The molecule has 6 rings (SSSR count). The largest absolute Gasteiger partial charge is 0.455 e. The van der Waals surface area contributed by atoms with Crippen LogP contribution in [0.3, 0.4) is 0 Å². The molecule has 8 N–H and O–H groups in total. The number of ether oxygens (including phenoxy) is 2. The van der Waals surface area contributed by atoms with Crippen LogP contribution in [0.2, 0.25) is 0 Å². The molecule has 1 aromatic rings. The number of nitrogens with one attached hydrogen (secondary N) is 1. The van der Waals surface area contributed by atoms with Crippen LogP contribution < -0.4 is 17.0 Å². The van der Waals surface area contributed by atoms with Gasteiger partial charge >= 0.3 is 11.7 Å². The van der Waals surface area contributed by atoms with E-state index in [1.54, 1.807) is 4.98 Å². The number of halogens is 1. The average molecular weight is 642 g/mol. The van der Waals surface area contributed by atoms with Crippen molar-refractivity contribution < 1.29 is 44.2 Å². The molecule has 5 fully saturated rings. The van der Waals surface area contributed by atoms with Crippen LogP contribution in [0.1, 0.15) is 77.9 Å². The van der Waals surface area contributed by atoms with E-state index < -0.39 is 65.2 Å². The molecule has 4 saturated carbocycles. The molecule has 0 aromatic carbocycles. The Bertz CT molecular complexity index is 1370. The van der Waals surface area contributed by atoms with Crippen LogP contribution >= 0.6 is 0 Å². The summed E-state index contributed by atoms with van der Waals surface area (Å²) in [7, 11) is 0. The second kappa shape index (κ2) is 12.4. The fraction of sp³-hybridized carbons (Fsp3) is 0.839. The van der Waals surface area contributed by atoms with Crippen molar-refractivity contribution in [1.29, 1.82) is 0 Å². The number of rotatable bonds is 6. The molecule has 0 amide bonds. The predicted molar refractivity (Wildman–Crippen MR) is 157 cm³/mol. The third kappa shape index (κ3) is 5.39. The number of carbonyl (C=O) groups is 1. The Morgan fingerprint density at radius 1 is 1.09 bits per heavy atom. The molecule has 0 unspecified atom stereocenters. The molecule has 11 atom stereocenters. The van der Waals surface area contributed by atoms with Gasteiger partial charge in [0.05, 0.1) is 44.8 Å². The highest BCUT2D eigenvalue weighted by atomic mass is 19.1. The molecule has 1 aromatic heterocycles. The first kappa shape index (κ1) is 34.1. The normalized spacial score (nSPS) is 43.5. The third-order valence-electron chi connectivity index (χ3n) is 12.6. The number of aromatic nitrogens is 2. The Balaban J connectivity index is 0.000000201. The quantitative estimate of drug-likeness (QED) is 0.204. The van der Waals surface area contributed by atoms with Gasteiger partial charge in [-0.1, -0.05) is 13.8 Å². The van der Waals surface area contributed by atoms with Gasteiger partial charge in [-0.25, -0.2) is 4.79 Å². The first-order chi connectivity index (χ1) is 21.2. The van der Waals surface area contributed by atoms with Gasteiger partial charge in [0.2, 0.25) is 5.82 Å². The number of esters is 1. The van der Waals surface area contributed by atoms with Crippen molar-refractivity contribution >= 4 is 5.97 Å². The Hall–Kier alpha value is -2.20. The van der Waals surface area contributed by atoms with Gasteiger partial charge in [0.15, 0.2) is 0 Å².